The first-order valence-electron chi connectivity index (χ1n) is 5.99. The molecule has 0 bridgehead atoms. The van der Waals surface area contributed by atoms with Crippen LogP contribution >= 0.6 is 0 Å². The van der Waals surface area contributed by atoms with E-state index in [4.69, 9.17) is 0 Å². The van der Waals surface area contributed by atoms with Crippen LogP contribution in [0.25, 0.3) is 0 Å². The first-order chi connectivity index (χ1) is 10.3. The second-order valence-electron chi connectivity index (χ2n) is 4.53. The number of ketones is 2. The number of phenols is 1. The average Bonchev–Trinajstić information content (AvgIpc) is 2.45. The van der Waals surface area contributed by atoms with Crippen molar-refractivity contribution in [3.8, 4) is 11.5 Å². The van der Waals surface area contributed by atoms with Crippen molar-refractivity contribution >= 4 is 22.0 Å². The molecule has 22 heavy (non-hydrogen) atoms. The lowest BCUT2D eigenvalue weighted by Gasteiger charge is -2.21. The van der Waals surface area contributed by atoms with Crippen molar-refractivity contribution in [1.82, 2.24) is 0 Å². The van der Waals surface area contributed by atoms with E-state index in [-0.39, 0.29) is 16.7 Å². The van der Waals surface area contributed by atoms with Gasteiger partial charge in [0.15, 0.2) is 23.1 Å². The van der Waals surface area contributed by atoms with Crippen LogP contribution in [0.4, 0.5) is 0 Å². The molecule has 0 aromatic heterocycles. The Morgan fingerprint density at radius 1 is 0.909 bits per heavy atom. The number of carbonyl (C=O) groups is 2. The standard InChI is InChI=1S/C14H8O7S/c15-10-6-5-9-11(14(10)21-22(18,19)20)13(17)8-4-2-1-3-7(8)12(9)16/h1-6,15H,(H,18,19,20)/p-1. The molecule has 0 spiro atoms. The number of rotatable bonds is 2. The van der Waals surface area contributed by atoms with Gasteiger partial charge in [-0.2, -0.15) is 0 Å². The summed E-state index contributed by atoms with van der Waals surface area (Å²) in [6, 6.07) is 8.11. The molecule has 0 fully saturated rings. The predicted molar refractivity (Wildman–Crippen MR) is 71.7 cm³/mol. The molecule has 0 saturated heterocycles. The molecule has 0 atom stereocenters. The maximum Gasteiger partial charge on any atom is 0.262 e. The van der Waals surface area contributed by atoms with Gasteiger partial charge in [-0.15, -0.1) is 0 Å². The van der Waals surface area contributed by atoms with Gasteiger partial charge in [-0.1, -0.05) is 24.3 Å². The molecule has 3 rings (SSSR count). The van der Waals surface area contributed by atoms with Gasteiger partial charge in [0.25, 0.3) is 10.4 Å². The molecule has 2 aromatic carbocycles. The van der Waals surface area contributed by atoms with Gasteiger partial charge >= 0.3 is 0 Å². The maximum absolute atomic E-state index is 12.5. The minimum atomic E-state index is -5.22. The van der Waals surface area contributed by atoms with Gasteiger partial charge in [-0.05, 0) is 12.1 Å². The third-order valence-corrected chi connectivity index (χ3v) is 3.58. The Morgan fingerprint density at radius 3 is 2.09 bits per heavy atom. The lowest BCUT2D eigenvalue weighted by molar-refractivity contribution is 0.0977. The quantitative estimate of drug-likeness (QED) is 0.552. The van der Waals surface area contributed by atoms with Crippen LogP contribution in [0.2, 0.25) is 0 Å². The van der Waals surface area contributed by atoms with Crippen molar-refractivity contribution in [1.29, 1.82) is 0 Å². The van der Waals surface area contributed by atoms with Gasteiger partial charge in [-0.25, -0.2) is 8.42 Å². The van der Waals surface area contributed by atoms with Gasteiger partial charge in [0.1, 0.15) is 0 Å². The molecule has 0 radical (unpaired) electrons. The summed E-state index contributed by atoms with van der Waals surface area (Å²) in [6.45, 7) is 0. The lowest BCUT2D eigenvalue weighted by Crippen LogP contribution is -2.22. The van der Waals surface area contributed by atoms with Crippen molar-refractivity contribution < 1.29 is 31.8 Å². The summed E-state index contributed by atoms with van der Waals surface area (Å²) in [5, 5.41) is 9.69. The van der Waals surface area contributed by atoms with Gasteiger partial charge in [0, 0.05) is 16.7 Å². The molecule has 8 heteroatoms. The number of hydrogen-bond donors (Lipinski definition) is 1. The summed E-state index contributed by atoms with van der Waals surface area (Å²) < 4.78 is 36.5. The first-order valence-corrected chi connectivity index (χ1v) is 7.32. The zero-order valence-electron chi connectivity index (χ0n) is 10.8. The second kappa shape index (κ2) is 4.65. The topological polar surface area (TPSA) is 121 Å². The highest BCUT2D eigenvalue weighted by Gasteiger charge is 2.34. The molecule has 2 aromatic rings. The summed E-state index contributed by atoms with van der Waals surface area (Å²) in [5.74, 6) is -2.79. The Balaban J connectivity index is 2.31. The van der Waals surface area contributed by atoms with E-state index < -0.39 is 39.0 Å². The number of phenolic OH excluding ortho intramolecular Hbond substituents is 1. The van der Waals surface area contributed by atoms with E-state index in [0.717, 1.165) is 6.07 Å². The van der Waals surface area contributed by atoms with E-state index >= 15 is 0 Å². The number of hydrogen-bond acceptors (Lipinski definition) is 7. The van der Waals surface area contributed by atoms with E-state index in [2.05, 4.69) is 4.18 Å². The largest absolute Gasteiger partial charge is 0.716 e. The van der Waals surface area contributed by atoms with Crippen LogP contribution < -0.4 is 4.18 Å². The molecular formula is C14H7O7S-. The normalized spacial score (nSPS) is 13.5. The van der Waals surface area contributed by atoms with E-state index in [0.29, 0.717) is 0 Å². The molecule has 0 unspecified atom stereocenters. The third-order valence-electron chi connectivity index (χ3n) is 3.21. The van der Waals surface area contributed by atoms with Crippen molar-refractivity contribution in [3.63, 3.8) is 0 Å². The van der Waals surface area contributed by atoms with E-state index in [1.807, 2.05) is 0 Å². The average molecular weight is 319 g/mol. The molecule has 1 aliphatic rings. The van der Waals surface area contributed by atoms with Crippen LogP contribution in [0.1, 0.15) is 31.8 Å². The van der Waals surface area contributed by atoms with Crippen LogP contribution in [0.3, 0.4) is 0 Å². The van der Waals surface area contributed by atoms with Crippen LogP contribution in [0, 0.1) is 0 Å². The van der Waals surface area contributed by atoms with E-state index in [1.54, 1.807) is 6.07 Å². The Bertz CT molecular complexity index is 928. The van der Waals surface area contributed by atoms with Crippen LogP contribution in [0.15, 0.2) is 36.4 Å². The SMILES string of the molecule is O=C1c2ccccc2C(=O)c2c1ccc(O)c2OS(=O)(=O)[O-]. The summed E-state index contributed by atoms with van der Waals surface area (Å²) in [4.78, 5) is 24.8. The second-order valence-corrected chi connectivity index (χ2v) is 5.51. The fourth-order valence-electron chi connectivity index (χ4n) is 2.33. The van der Waals surface area contributed by atoms with E-state index in [1.165, 1.54) is 24.3 Å². The highest BCUT2D eigenvalue weighted by molar-refractivity contribution is 7.81. The smallest absolute Gasteiger partial charge is 0.262 e. The molecule has 0 aliphatic heterocycles. The highest BCUT2D eigenvalue weighted by atomic mass is 32.3. The number of carbonyl (C=O) groups excluding carboxylic acids is 2. The van der Waals surface area contributed by atoms with Crippen molar-refractivity contribution in [2.75, 3.05) is 0 Å². The molecular weight excluding hydrogens is 312 g/mol. The Labute approximate surface area is 124 Å². The van der Waals surface area contributed by atoms with Gasteiger partial charge in [0.2, 0.25) is 0 Å². The molecule has 1 N–H and O–H groups in total. The van der Waals surface area contributed by atoms with Crippen molar-refractivity contribution in [2.45, 2.75) is 0 Å². The van der Waals surface area contributed by atoms with E-state index in [9.17, 15) is 27.7 Å². The minimum Gasteiger partial charge on any atom is -0.716 e. The van der Waals surface area contributed by atoms with Crippen molar-refractivity contribution in [2.24, 2.45) is 0 Å². The molecule has 0 heterocycles. The van der Waals surface area contributed by atoms with Crippen LogP contribution in [0.5, 0.6) is 11.5 Å². The zero-order chi connectivity index (χ0) is 16.1. The van der Waals surface area contributed by atoms with Crippen LogP contribution in [-0.2, 0) is 10.4 Å². The monoisotopic (exact) mass is 319 g/mol. The summed E-state index contributed by atoms with van der Waals surface area (Å²) >= 11 is 0. The fraction of sp³-hybridized carbons (Fsp3) is 0. The Morgan fingerprint density at radius 2 is 1.50 bits per heavy atom. The zero-order valence-corrected chi connectivity index (χ0v) is 11.6. The number of fused-ring (bicyclic) bond motifs is 2. The summed E-state index contributed by atoms with van der Waals surface area (Å²) in [6.07, 6.45) is 0. The molecule has 112 valence electrons. The first kappa shape index (κ1) is 14.2. The number of benzene rings is 2. The van der Waals surface area contributed by atoms with Gasteiger partial charge < -0.3 is 13.8 Å². The third kappa shape index (κ3) is 2.14. The van der Waals surface area contributed by atoms with Crippen molar-refractivity contribution in [3.05, 3.63) is 58.7 Å². The summed E-state index contributed by atoms with van der Waals surface area (Å²) in [5.41, 5.74) is -0.386. The van der Waals surface area contributed by atoms with Gasteiger partial charge in [-0.3, -0.25) is 9.59 Å². The summed E-state index contributed by atoms with van der Waals surface area (Å²) in [7, 11) is -5.22. The van der Waals surface area contributed by atoms with Crippen LogP contribution in [-0.4, -0.2) is 29.6 Å². The molecule has 1 aliphatic carbocycles. The molecule has 7 nitrogen and oxygen atoms in total. The highest BCUT2D eigenvalue weighted by Crippen LogP contribution is 2.39. The minimum absolute atomic E-state index is 0.0405. The maximum atomic E-state index is 12.5. The molecule has 0 amide bonds. The predicted octanol–water partition coefficient (Wildman–Crippen LogP) is 1.01. The Hall–Kier alpha value is -2.71. The number of aromatic hydroxyl groups is 1. The molecule has 0 saturated carbocycles. The Kier molecular flexibility index (Phi) is 3.01. The van der Waals surface area contributed by atoms with Gasteiger partial charge in [0.05, 0.1) is 5.56 Å². The fourth-order valence-corrected chi connectivity index (χ4v) is 2.70. The lowest BCUT2D eigenvalue weighted by atomic mass is 9.83.